The number of hydrogen-bond donors (Lipinski definition) is 0. The summed E-state index contributed by atoms with van der Waals surface area (Å²) in [6.07, 6.45) is 11.1. The molecule has 0 amide bonds. The van der Waals surface area contributed by atoms with E-state index in [-0.39, 0.29) is 24.5 Å². The molecule has 2 saturated carbocycles. The average molecular weight is 965 g/mol. The number of esters is 1. The molecule has 0 saturated heterocycles. The van der Waals surface area contributed by atoms with E-state index < -0.39 is 5.97 Å². The minimum atomic E-state index is -0.473. The van der Waals surface area contributed by atoms with Crippen LogP contribution < -0.4 is 11.2 Å². The first kappa shape index (κ1) is 54.0. The molecule has 2 aliphatic carbocycles. The van der Waals surface area contributed by atoms with E-state index in [9.17, 15) is 14.4 Å². The Morgan fingerprint density at radius 2 is 0.957 bits per heavy atom. The molecular weight excluding hydrogens is 889 g/mol. The molecule has 0 unspecified atom stereocenters. The standard InChI is InChI=1S/C52H76N4O13/c1-60-21-22-61-23-24-62-25-26-63-27-28-64-29-30-65-31-32-66-33-34-67-35-36-68-37-38-69-51(58)46-19-17-45(18-20-46)48-53-49-47(54(48)39-42-11-5-2-6-12-42)50(57)56(41-44-15-9-4-10-16-44)52(59)55(49)40-43-13-7-3-8-14-43/h2,5-6,11-12,17-20,43-44H,3-4,7-10,13-16,21-41H2,1H3. The van der Waals surface area contributed by atoms with Crippen LogP contribution in [0.25, 0.3) is 22.6 Å². The number of methoxy groups -OCH3 is 1. The van der Waals surface area contributed by atoms with Crippen LogP contribution in [0.5, 0.6) is 0 Å². The third-order valence-corrected chi connectivity index (χ3v) is 12.5. The van der Waals surface area contributed by atoms with Gasteiger partial charge in [-0.1, -0.05) is 81.0 Å². The van der Waals surface area contributed by atoms with Crippen molar-refractivity contribution >= 4 is 17.1 Å². The van der Waals surface area contributed by atoms with Crippen molar-refractivity contribution in [1.82, 2.24) is 18.7 Å². The maximum Gasteiger partial charge on any atom is 0.338 e. The molecule has 382 valence electrons. The molecule has 2 fully saturated rings. The Hall–Kier alpha value is -4.30. The van der Waals surface area contributed by atoms with Crippen LogP contribution in [0.3, 0.4) is 0 Å². The summed E-state index contributed by atoms with van der Waals surface area (Å²) in [5, 5.41) is 0. The molecule has 2 heterocycles. The van der Waals surface area contributed by atoms with Gasteiger partial charge in [-0.15, -0.1) is 0 Å². The number of hydrogen-bond acceptors (Lipinski definition) is 14. The summed E-state index contributed by atoms with van der Waals surface area (Å²) in [6, 6.07) is 17.1. The van der Waals surface area contributed by atoms with Crippen molar-refractivity contribution in [3.8, 4) is 11.4 Å². The van der Waals surface area contributed by atoms with Crippen LogP contribution in [0.15, 0.2) is 64.2 Å². The van der Waals surface area contributed by atoms with Crippen molar-refractivity contribution in [3.05, 3.63) is 86.6 Å². The molecule has 17 nitrogen and oxygen atoms in total. The summed E-state index contributed by atoms with van der Waals surface area (Å²) in [4.78, 5) is 47.2. The fraction of sp³-hybridized carbons (Fsp3) is 0.654. The Labute approximate surface area is 406 Å². The lowest BCUT2D eigenvalue weighted by Crippen LogP contribution is -2.43. The molecule has 0 aliphatic heterocycles. The van der Waals surface area contributed by atoms with Crippen molar-refractivity contribution in [1.29, 1.82) is 0 Å². The maximum absolute atomic E-state index is 14.6. The molecule has 2 aromatic heterocycles. The summed E-state index contributed by atoms with van der Waals surface area (Å²) in [6.45, 7) is 9.36. The second-order valence-corrected chi connectivity index (χ2v) is 17.6. The smallest absolute Gasteiger partial charge is 0.338 e. The molecule has 0 radical (unpaired) electrons. The first-order chi connectivity index (χ1) is 34.0. The SMILES string of the molecule is COCCOCCOCCOCCOCCOCCOCCOCCOCCOC(=O)c1ccc(-c2nc3c(c(=O)n(CC4CCCCC4)c(=O)n3CC3CCCCC3)n2Cc2ccccc2)cc1. The number of imidazole rings is 1. The highest BCUT2D eigenvalue weighted by molar-refractivity contribution is 5.90. The van der Waals surface area contributed by atoms with Gasteiger partial charge in [0.25, 0.3) is 5.56 Å². The summed E-state index contributed by atoms with van der Waals surface area (Å²) in [5.74, 6) is 0.748. The van der Waals surface area contributed by atoms with Gasteiger partial charge in [0.2, 0.25) is 0 Å². The van der Waals surface area contributed by atoms with Crippen molar-refractivity contribution in [2.24, 2.45) is 11.8 Å². The van der Waals surface area contributed by atoms with Crippen LogP contribution in [-0.4, -0.2) is 151 Å². The highest BCUT2D eigenvalue weighted by atomic mass is 16.6. The van der Waals surface area contributed by atoms with E-state index in [0.717, 1.165) is 62.5 Å². The van der Waals surface area contributed by atoms with E-state index in [1.54, 1.807) is 23.8 Å². The van der Waals surface area contributed by atoms with Crippen molar-refractivity contribution in [2.75, 3.05) is 126 Å². The lowest BCUT2D eigenvalue weighted by Gasteiger charge is -2.25. The van der Waals surface area contributed by atoms with Crippen LogP contribution in [-0.2, 0) is 67.0 Å². The van der Waals surface area contributed by atoms with Gasteiger partial charge in [-0.2, -0.15) is 0 Å². The molecule has 2 aliphatic rings. The lowest BCUT2D eigenvalue weighted by molar-refractivity contribution is -0.0253. The molecule has 6 rings (SSSR count). The topological polar surface area (TPSA) is 171 Å². The van der Waals surface area contributed by atoms with Crippen LogP contribution >= 0.6 is 0 Å². The Balaban J connectivity index is 0.891. The predicted molar refractivity (Wildman–Crippen MR) is 261 cm³/mol. The number of carbonyl (C=O) groups excluding carboxylic acids is 1. The van der Waals surface area contributed by atoms with E-state index in [1.165, 1.54) is 17.4 Å². The monoisotopic (exact) mass is 965 g/mol. The van der Waals surface area contributed by atoms with Crippen LogP contribution in [0.2, 0.25) is 0 Å². The lowest BCUT2D eigenvalue weighted by atomic mass is 9.89. The average Bonchev–Trinajstić information content (AvgIpc) is 3.75. The summed E-state index contributed by atoms with van der Waals surface area (Å²) >= 11 is 0. The Morgan fingerprint density at radius 3 is 1.42 bits per heavy atom. The van der Waals surface area contributed by atoms with Gasteiger partial charge in [0.05, 0.1) is 118 Å². The van der Waals surface area contributed by atoms with Crippen LogP contribution in [0.4, 0.5) is 0 Å². The molecule has 0 spiro atoms. The number of benzene rings is 2. The summed E-state index contributed by atoms with van der Waals surface area (Å²) < 4.78 is 59.6. The molecule has 2 aromatic carbocycles. The summed E-state index contributed by atoms with van der Waals surface area (Å²) in [7, 11) is 1.64. The Morgan fingerprint density at radius 1 is 0.522 bits per heavy atom. The van der Waals surface area contributed by atoms with Gasteiger partial charge >= 0.3 is 11.7 Å². The molecule has 0 bridgehead atoms. The third-order valence-electron chi connectivity index (χ3n) is 12.5. The van der Waals surface area contributed by atoms with E-state index in [2.05, 4.69) is 0 Å². The van der Waals surface area contributed by atoms with E-state index >= 15 is 0 Å². The molecule has 17 heteroatoms. The van der Waals surface area contributed by atoms with Gasteiger partial charge in [-0.25, -0.2) is 14.6 Å². The number of carbonyl (C=O) groups is 1. The fourth-order valence-corrected chi connectivity index (χ4v) is 8.83. The first-order valence-corrected chi connectivity index (χ1v) is 25.2. The zero-order chi connectivity index (χ0) is 48.1. The Kier molecular flexibility index (Phi) is 24.9. The molecule has 0 atom stereocenters. The van der Waals surface area contributed by atoms with Gasteiger partial charge in [0.15, 0.2) is 11.2 Å². The number of nitrogens with zero attached hydrogens (tertiary/aromatic N) is 4. The largest absolute Gasteiger partial charge is 0.460 e. The second kappa shape index (κ2) is 31.8. The normalized spacial score (nSPS) is 14.8. The maximum atomic E-state index is 14.6. The minimum Gasteiger partial charge on any atom is -0.460 e. The number of rotatable bonds is 35. The Bertz CT molecular complexity index is 2150. The molecular formula is C52H76N4O13. The predicted octanol–water partition coefficient (Wildman–Crippen LogP) is 6.17. The summed E-state index contributed by atoms with van der Waals surface area (Å²) in [5.41, 5.74) is 2.44. The van der Waals surface area contributed by atoms with Crippen LogP contribution in [0.1, 0.15) is 80.1 Å². The van der Waals surface area contributed by atoms with Crippen molar-refractivity contribution < 1.29 is 52.2 Å². The molecule has 0 N–H and O–H groups in total. The van der Waals surface area contributed by atoms with Gasteiger partial charge in [0, 0.05) is 32.3 Å². The number of aromatic nitrogens is 4. The number of fused-ring (bicyclic) bond motifs is 1. The second-order valence-electron chi connectivity index (χ2n) is 17.6. The highest BCUT2D eigenvalue weighted by Gasteiger charge is 2.27. The van der Waals surface area contributed by atoms with Crippen molar-refractivity contribution in [3.63, 3.8) is 0 Å². The number of ether oxygens (including phenoxy) is 10. The zero-order valence-corrected chi connectivity index (χ0v) is 40.9. The first-order valence-electron chi connectivity index (χ1n) is 25.2. The van der Waals surface area contributed by atoms with Gasteiger partial charge in [-0.3, -0.25) is 13.9 Å². The molecule has 69 heavy (non-hydrogen) atoms. The quantitative estimate of drug-likeness (QED) is 0.0379. The van der Waals surface area contributed by atoms with Crippen molar-refractivity contribution in [2.45, 2.75) is 83.8 Å². The molecule has 4 aromatic rings. The van der Waals surface area contributed by atoms with Gasteiger partial charge in [-0.05, 0) is 55.2 Å². The zero-order valence-electron chi connectivity index (χ0n) is 40.9. The highest BCUT2D eigenvalue weighted by Crippen LogP contribution is 2.29. The van der Waals surface area contributed by atoms with E-state index in [0.29, 0.717) is 160 Å². The van der Waals surface area contributed by atoms with E-state index in [1.807, 2.05) is 47.0 Å². The van der Waals surface area contributed by atoms with E-state index in [4.69, 9.17) is 52.4 Å². The third kappa shape index (κ3) is 18.4. The van der Waals surface area contributed by atoms with Crippen LogP contribution in [0, 0.1) is 11.8 Å². The van der Waals surface area contributed by atoms with Gasteiger partial charge < -0.3 is 51.9 Å². The fourth-order valence-electron chi connectivity index (χ4n) is 8.83. The van der Waals surface area contributed by atoms with Gasteiger partial charge in [0.1, 0.15) is 12.4 Å². The minimum absolute atomic E-state index is 0.0869.